The summed E-state index contributed by atoms with van der Waals surface area (Å²) < 4.78 is 14.4. The van der Waals surface area contributed by atoms with Crippen LogP contribution in [0.25, 0.3) is 11.8 Å². The lowest BCUT2D eigenvalue weighted by atomic mass is 10.2. The molecule has 0 radical (unpaired) electrons. The van der Waals surface area contributed by atoms with E-state index >= 15 is 0 Å². The maximum Gasteiger partial charge on any atom is 0.244 e. The summed E-state index contributed by atoms with van der Waals surface area (Å²) in [7, 11) is 0. The molecule has 0 aliphatic rings. The molecule has 1 amide bonds. The third-order valence-electron chi connectivity index (χ3n) is 3.25. The van der Waals surface area contributed by atoms with E-state index in [4.69, 9.17) is 0 Å². The van der Waals surface area contributed by atoms with Crippen LogP contribution >= 0.6 is 0 Å². The van der Waals surface area contributed by atoms with Crippen LogP contribution in [0.15, 0.2) is 60.7 Å². The Morgan fingerprint density at radius 3 is 2.62 bits per heavy atom. The first-order valence-corrected chi connectivity index (χ1v) is 7.26. The zero-order valence-corrected chi connectivity index (χ0v) is 12.6. The fraction of sp³-hybridized carbons (Fsp3) is 0.0588. The molecular formula is C17H14FN5O. The Hall–Kier alpha value is -3.35. The number of aromatic nitrogens is 4. The lowest BCUT2D eigenvalue weighted by molar-refractivity contribution is -0.116. The van der Waals surface area contributed by atoms with Gasteiger partial charge >= 0.3 is 0 Å². The molecule has 1 aromatic heterocycles. The number of hydrogen-bond acceptors (Lipinski definition) is 4. The van der Waals surface area contributed by atoms with Crippen LogP contribution in [0.3, 0.4) is 0 Å². The van der Waals surface area contributed by atoms with Crippen LogP contribution in [0, 0.1) is 5.82 Å². The van der Waals surface area contributed by atoms with Gasteiger partial charge in [0.05, 0.1) is 12.2 Å². The number of benzene rings is 2. The molecule has 0 aliphatic carbocycles. The van der Waals surface area contributed by atoms with Gasteiger partial charge in [-0.05, 0) is 46.3 Å². The van der Waals surface area contributed by atoms with E-state index in [1.807, 2.05) is 30.3 Å². The fourth-order valence-electron chi connectivity index (χ4n) is 2.06. The Labute approximate surface area is 137 Å². The molecular weight excluding hydrogens is 309 g/mol. The van der Waals surface area contributed by atoms with E-state index in [0.717, 1.165) is 5.56 Å². The van der Waals surface area contributed by atoms with E-state index in [1.165, 1.54) is 22.9 Å². The Balaban J connectivity index is 1.63. The molecule has 1 N–H and O–H groups in total. The SMILES string of the molecule is O=C(C=Cc1ccccc1)NCc1nnnn1-c1ccc(F)cc1. The van der Waals surface area contributed by atoms with Gasteiger partial charge < -0.3 is 5.32 Å². The lowest BCUT2D eigenvalue weighted by Gasteiger charge is -2.05. The van der Waals surface area contributed by atoms with Gasteiger partial charge in [0.25, 0.3) is 0 Å². The van der Waals surface area contributed by atoms with Crippen molar-refractivity contribution in [3.8, 4) is 5.69 Å². The normalized spacial score (nSPS) is 10.9. The van der Waals surface area contributed by atoms with Crippen LogP contribution in [0.2, 0.25) is 0 Å². The lowest BCUT2D eigenvalue weighted by Crippen LogP contribution is -2.22. The van der Waals surface area contributed by atoms with Crippen LogP contribution in [-0.4, -0.2) is 26.1 Å². The molecule has 3 aromatic rings. The third-order valence-corrected chi connectivity index (χ3v) is 3.25. The number of nitrogens with zero attached hydrogens (tertiary/aromatic N) is 4. The minimum atomic E-state index is -0.340. The summed E-state index contributed by atoms with van der Waals surface area (Å²) in [6.07, 6.45) is 3.17. The summed E-state index contributed by atoms with van der Waals surface area (Å²) in [6.45, 7) is 0.155. The predicted molar refractivity (Wildman–Crippen MR) is 86.4 cm³/mol. The van der Waals surface area contributed by atoms with E-state index in [1.54, 1.807) is 18.2 Å². The molecule has 0 unspecified atom stereocenters. The van der Waals surface area contributed by atoms with Gasteiger partial charge in [-0.2, -0.15) is 4.68 Å². The number of tetrazole rings is 1. The first-order chi connectivity index (χ1) is 11.7. The second-order valence-electron chi connectivity index (χ2n) is 4.95. The minimum absolute atomic E-state index is 0.155. The van der Waals surface area contributed by atoms with Crippen molar-refractivity contribution in [2.24, 2.45) is 0 Å². The number of rotatable bonds is 5. The highest BCUT2D eigenvalue weighted by Gasteiger charge is 2.09. The maximum atomic E-state index is 13.0. The Morgan fingerprint density at radius 1 is 1.12 bits per heavy atom. The number of nitrogens with one attached hydrogen (secondary N) is 1. The first-order valence-electron chi connectivity index (χ1n) is 7.26. The summed E-state index contributed by atoms with van der Waals surface area (Å²) in [6, 6.07) is 15.3. The largest absolute Gasteiger partial charge is 0.345 e. The number of hydrogen-bond donors (Lipinski definition) is 1. The van der Waals surface area contributed by atoms with Gasteiger partial charge in [0, 0.05) is 6.08 Å². The van der Waals surface area contributed by atoms with Crippen LogP contribution in [-0.2, 0) is 11.3 Å². The topological polar surface area (TPSA) is 72.7 Å². The molecule has 6 nitrogen and oxygen atoms in total. The monoisotopic (exact) mass is 323 g/mol. The molecule has 0 atom stereocenters. The van der Waals surface area contributed by atoms with Crippen molar-refractivity contribution in [3.05, 3.63) is 77.9 Å². The van der Waals surface area contributed by atoms with E-state index in [9.17, 15) is 9.18 Å². The number of carbonyl (C=O) groups is 1. The Kier molecular flexibility index (Phi) is 4.71. The van der Waals surface area contributed by atoms with Gasteiger partial charge in [0.15, 0.2) is 5.82 Å². The minimum Gasteiger partial charge on any atom is -0.345 e. The first kappa shape index (κ1) is 15.5. The Bertz CT molecular complexity index is 843. The molecule has 0 saturated carbocycles. The standard InChI is InChI=1S/C17H14FN5O/c18-14-7-9-15(10-8-14)23-16(20-21-22-23)12-19-17(24)11-6-13-4-2-1-3-5-13/h1-11H,12H2,(H,19,24). The average molecular weight is 323 g/mol. The van der Waals surface area contributed by atoms with Crippen LogP contribution in [0.4, 0.5) is 4.39 Å². The second-order valence-corrected chi connectivity index (χ2v) is 4.95. The van der Waals surface area contributed by atoms with Crippen molar-refractivity contribution >= 4 is 12.0 Å². The summed E-state index contributed by atoms with van der Waals surface area (Å²) in [5.74, 6) is -0.150. The molecule has 0 aliphatic heterocycles. The Morgan fingerprint density at radius 2 is 1.88 bits per heavy atom. The quantitative estimate of drug-likeness (QED) is 0.730. The van der Waals surface area contributed by atoms with Crippen molar-refractivity contribution in [1.29, 1.82) is 0 Å². The third kappa shape index (κ3) is 3.89. The van der Waals surface area contributed by atoms with Crippen LogP contribution in [0.5, 0.6) is 0 Å². The molecule has 24 heavy (non-hydrogen) atoms. The average Bonchev–Trinajstić information content (AvgIpc) is 3.08. The zero-order chi connectivity index (χ0) is 16.8. The van der Waals surface area contributed by atoms with Crippen molar-refractivity contribution in [1.82, 2.24) is 25.5 Å². The summed E-state index contributed by atoms with van der Waals surface area (Å²) in [5.41, 5.74) is 1.55. The van der Waals surface area contributed by atoms with Gasteiger partial charge in [0.2, 0.25) is 5.91 Å². The van der Waals surface area contributed by atoms with E-state index in [0.29, 0.717) is 11.5 Å². The van der Waals surface area contributed by atoms with Gasteiger partial charge in [-0.25, -0.2) is 4.39 Å². The molecule has 0 spiro atoms. The van der Waals surface area contributed by atoms with Gasteiger partial charge in [0.1, 0.15) is 5.82 Å². The van der Waals surface area contributed by atoms with Crippen molar-refractivity contribution in [2.75, 3.05) is 0 Å². The molecule has 0 fully saturated rings. The van der Waals surface area contributed by atoms with Crippen molar-refractivity contribution in [2.45, 2.75) is 6.54 Å². The molecule has 0 saturated heterocycles. The van der Waals surface area contributed by atoms with Crippen LogP contribution in [0.1, 0.15) is 11.4 Å². The molecule has 7 heteroatoms. The van der Waals surface area contributed by atoms with Crippen molar-refractivity contribution in [3.63, 3.8) is 0 Å². The molecule has 3 rings (SSSR count). The van der Waals surface area contributed by atoms with E-state index < -0.39 is 0 Å². The molecule has 2 aromatic carbocycles. The van der Waals surface area contributed by atoms with E-state index in [-0.39, 0.29) is 18.3 Å². The summed E-state index contributed by atoms with van der Waals surface area (Å²) in [5, 5.41) is 14.0. The predicted octanol–water partition coefficient (Wildman–Crippen LogP) is 2.13. The summed E-state index contributed by atoms with van der Waals surface area (Å²) >= 11 is 0. The number of amides is 1. The highest BCUT2D eigenvalue weighted by molar-refractivity contribution is 5.91. The fourth-order valence-corrected chi connectivity index (χ4v) is 2.06. The smallest absolute Gasteiger partial charge is 0.244 e. The van der Waals surface area contributed by atoms with Crippen molar-refractivity contribution < 1.29 is 9.18 Å². The van der Waals surface area contributed by atoms with E-state index in [2.05, 4.69) is 20.8 Å². The summed E-state index contributed by atoms with van der Waals surface area (Å²) in [4.78, 5) is 11.9. The van der Waals surface area contributed by atoms with Gasteiger partial charge in [-0.15, -0.1) is 5.10 Å². The molecule has 120 valence electrons. The maximum absolute atomic E-state index is 13.0. The molecule has 1 heterocycles. The number of halogens is 1. The highest BCUT2D eigenvalue weighted by Crippen LogP contribution is 2.09. The number of carbonyl (C=O) groups excluding carboxylic acids is 1. The molecule has 0 bridgehead atoms. The van der Waals surface area contributed by atoms with Gasteiger partial charge in [-0.3, -0.25) is 4.79 Å². The highest BCUT2D eigenvalue weighted by atomic mass is 19.1. The second kappa shape index (κ2) is 7.28. The van der Waals surface area contributed by atoms with Crippen LogP contribution < -0.4 is 5.32 Å². The van der Waals surface area contributed by atoms with Gasteiger partial charge in [-0.1, -0.05) is 30.3 Å². The zero-order valence-electron chi connectivity index (χ0n) is 12.6.